The standard InChI is InChI=1S/C7H17NO6/c8-1-3(10)5(12)7(14)6(13)4(11)2-9/h3-7,9-14H,1-2,8H2/t3-,4+,5-,6-,7+/m0/s1. The van der Waals surface area contributed by atoms with Crippen molar-refractivity contribution in [2.75, 3.05) is 13.2 Å². The predicted octanol–water partition coefficient (Wildman–Crippen LogP) is -4.26. The molecule has 8 N–H and O–H groups in total. The average Bonchev–Trinajstić information content (AvgIpc) is 2.23. The van der Waals surface area contributed by atoms with Crippen LogP contribution in [0.2, 0.25) is 0 Å². The lowest BCUT2D eigenvalue weighted by molar-refractivity contribution is -0.138. The first-order chi connectivity index (χ1) is 6.45. The summed E-state index contributed by atoms with van der Waals surface area (Å²) in [4.78, 5) is 0. The second kappa shape index (κ2) is 6.25. The molecule has 0 amide bonds. The van der Waals surface area contributed by atoms with Crippen molar-refractivity contribution in [3.8, 4) is 0 Å². The highest BCUT2D eigenvalue weighted by molar-refractivity contribution is 4.84. The third-order valence-corrected chi connectivity index (χ3v) is 1.92. The Morgan fingerprint density at radius 2 is 1.21 bits per heavy atom. The van der Waals surface area contributed by atoms with Gasteiger partial charge in [-0.3, -0.25) is 0 Å². The number of nitrogens with two attached hydrogens (primary N) is 1. The quantitative estimate of drug-likeness (QED) is 0.235. The Morgan fingerprint density at radius 1 is 0.786 bits per heavy atom. The van der Waals surface area contributed by atoms with Crippen molar-refractivity contribution < 1.29 is 30.6 Å². The Bertz CT molecular complexity index is 141. The summed E-state index contributed by atoms with van der Waals surface area (Å²) < 4.78 is 0. The fourth-order valence-corrected chi connectivity index (χ4v) is 0.905. The Kier molecular flexibility index (Phi) is 6.12. The first kappa shape index (κ1) is 13.7. The van der Waals surface area contributed by atoms with E-state index < -0.39 is 37.1 Å². The van der Waals surface area contributed by atoms with E-state index in [0.29, 0.717) is 0 Å². The molecule has 0 saturated heterocycles. The maximum atomic E-state index is 9.20. The molecule has 0 aromatic carbocycles. The van der Waals surface area contributed by atoms with Gasteiger partial charge in [-0.05, 0) is 0 Å². The lowest BCUT2D eigenvalue weighted by atomic mass is 9.99. The summed E-state index contributed by atoms with van der Waals surface area (Å²) in [6, 6.07) is 0. The van der Waals surface area contributed by atoms with Crippen molar-refractivity contribution in [1.29, 1.82) is 0 Å². The van der Waals surface area contributed by atoms with Crippen molar-refractivity contribution in [3.05, 3.63) is 0 Å². The highest BCUT2D eigenvalue weighted by Crippen LogP contribution is 2.07. The SMILES string of the molecule is NC[C@H](O)[C@H](O)[C@@H](O)[C@@H](O)[C@H](O)CO. The van der Waals surface area contributed by atoms with E-state index in [2.05, 4.69) is 0 Å². The molecule has 7 heteroatoms. The summed E-state index contributed by atoms with van der Waals surface area (Å²) in [6.45, 7) is -1.05. The zero-order valence-corrected chi connectivity index (χ0v) is 7.56. The van der Waals surface area contributed by atoms with Gasteiger partial charge in [-0.25, -0.2) is 0 Å². The van der Waals surface area contributed by atoms with Crippen molar-refractivity contribution >= 4 is 0 Å². The maximum Gasteiger partial charge on any atom is 0.111 e. The smallest absolute Gasteiger partial charge is 0.111 e. The first-order valence-corrected chi connectivity index (χ1v) is 4.17. The van der Waals surface area contributed by atoms with Crippen molar-refractivity contribution in [1.82, 2.24) is 0 Å². The van der Waals surface area contributed by atoms with Crippen molar-refractivity contribution in [3.63, 3.8) is 0 Å². The number of hydrogen-bond acceptors (Lipinski definition) is 7. The van der Waals surface area contributed by atoms with Gasteiger partial charge in [-0.1, -0.05) is 0 Å². The second-order valence-corrected chi connectivity index (χ2v) is 3.02. The van der Waals surface area contributed by atoms with Crippen LogP contribution in [0.5, 0.6) is 0 Å². The summed E-state index contributed by atoms with van der Waals surface area (Å²) in [7, 11) is 0. The molecule has 5 atom stereocenters. The van der Waals surface area contributed by atoms with Gasteiger partial charge in [0.2, 0.25) is 0 Å². The minimum atomic E-state index is -1.77. The molecule has 86 valence electrons. The van der Waals surface area contributed by atoms with Gasteiger partial charge in [0.1, 0.15) is 24.4 Å². The number of hydrogen-bond donors (Lipinski definition) is 7. The van der Waals surface area contributed by atoms with E-state index in [0.717, 1.165) is 0 Å². The minimum Gasteiger partial charge on any atom is -0.394 e. The molecule has 0 rings (SSSR count). The van der Waals surface area contributed by atoms with Gasteiger partial charge in [0, 0.05) is 6.54 Å². The number of aliphatic hydroxyl groups excluding tert-OH is 6. The zero-order valence-electron chi connectivity index (χ0n) is 7.56. The van der Waals surface area contributed by atoms with Crippen LogP contribution in [0.1, 0.15) is 0 Å². The Morgan fingerprint density at radius 3 is 1.57 bits per heavy atom. The largest absolute Gasteiger partial charge is 0.394 e. The van der Waals surface area contributed by atoms with Crippen LogP contribution in [0.25, 0.3) is 0 Å². The Labute approximate surface area is 81.0 Å². The molecule has 0 fully saturated rings. The van der Waals surface area contributed by atoms with E-state index in [1.54, 1.807) is 0 Å². The van der Waals surface area contributed by atoms with E-state index >= 15 is 0 Å². The molecule has 0 aromatic heterocycles. The van der Waals surface area contributed by atoms with Crippen LogP contribution in [-0.4, -0.2) is 74.3 Å². The van der Waals surface area contributed by atoms with Crippen LogP contribution in [0, 0.1) is 0 Å². The van der Waals surface area contributed by atoms with Crippen molar-refractivity contribution in [2.45, 2.75) is 30.5 Å². The summed E-state index contributed by atoms with van der Waals surface area (Å²) >= 11 is 0. The second-order valence-electron chi connectivity index (χ2n) is 3.02. The van der Waals surface area contributed by atoms with Crippen LogP contribution in [-0.2, 0) is 0 Å². The van der Waals surface area contributed by atoms with E-state index in [1.165, 1.54) is 0 Å². The highest BCUT2D eigenvalue weighted by Gasteiger charge is 2.33. The third-order valence-electron chi connectivity index (χ3n) is 1.92. The zero-order chi connectivity index (χ0) is 11.3. The van der Waals surface area contributed by atoms with Gasteiger partial charge in [-0.2, -0.15) is 0 Å². The van der Waals surface area contributed by atoms with Gasteiger partial charge in [-0.15, -0.1) is 0 Å². The maximum absolute atomic E-state index is 9.20. The fraction of sp³-hybridized carbons (Fsp3) is 1.00. The highest BCUT2D eigenvalue weighted by atomic mass is 16.4. The average molecular weight is 211 g/mol. The van der Waals surface area contributed by atoms with Gasteiger partial charge < -0.3 is 36.4 Å². The molecule has 0 heterocycles. The Hall–Kier alpha value is -0.280. The molecule has 0 aliphatic heterocycles. The third kappa shape index (κ3) is 3.46. The molecule has 14 heavy (non-hydrogen) atoms. The van der Waals surface area contributed by atoms with E-state index in [-0.39, 0.29) is 6.54 Å². The molecule has 0 aliphatic rings. The molecule has 0 spiro atoms. The molecular weight excluding hydrogens is 194 g/mol. The molecule has 0 saturated carbocycles. The van der Waals surface area contributed by atoms with E-state index in [1.807, 2.05) is 0 Å². The normalized spacial score (nSPS) is 22.5. The van der Waals surface area contributed by atoms with Gasteiger partial charge in [0.05, 0.1) is 12.7 Å². The van der Waals surface area contributed by atoms with Crippen LogP contribution < -0.4 is 5.73 Å². The number of rotatable bonds is 6. The Balaban J connectivity index is 4.22. The molecular formula is C7H17NO6. The summed E-state index contributed by atoms with van der Waals surface area (Å²) in [5.74, 6) is 0. The molecule has 0 aromatic rings. The number of aliphatic hydroxyl groups is 6. The van der Waals surface area contributed by atoms with Crippen LogP contribution in [0.15, 0.2) is 0 Å². The fourth-order valence-electron chi connectivity index (χ4n) is 0.905. The van der Waals surface area contributed by atoms with E-state index in [4.69, 9.17) is 31.3 Å². The van der Waals surface area contributed by atoms with Crippen LogP contribution in [0.3, 0.4) is 0 Å². The lowest BCUT2D eigenvalue weighted by Crippen LogP contribution is -2.51. The lowest BCUT2D eigenvalue weighted by Gasteiger charge is -2.27. The summed E-state index contributed by atoms with van der Waals surface area (Å²) in [6.07, 6.45) is -8.15. The molecule has 0 bridgehead atoms. The molecule has 0 aliphatic carbocycles. The molecule has 0 unspecified atom stereocenters. The summed E-state index contributed by atoms with van der Waals surface area (Å²) in [5.41, 5.74) is 5.00. The predicted molar refractivity (Wildman–Crippen MR) is 46.2 cm³/mol. The van der Waals surface area contributed by atoms with Gasteiger partial charge in [0.15, 0.2) is 0 Å². The molecule has 7 nitrogen and oxygen atoms in total. The van der Waals surface area contributed by atoms with E-state index in [9.17, 15) is 5.11 Å². The van der Waals surface area contributed by atoms with Crippen LogP contribution >= 0.6 is 0 Å². The van der Waals surface area contributed by atoms with Crippen LogP contribution in [0.4, 0.5) is 0 Å². The molecule has 0 radical (unpaired) electrons. The minimum absolute atomic E-state index is 0.292. The first-order valence-electron chi connectivity index (χ1n) is 4.17. The monoisotopic (exact) mass is 211 g/mol. The van der Waals surface area contributed by atoms with Crippen molar-refractivity contribution in [2.24, 2.45) is 5.73 Å². The van der Waals surface area contributed by atoms with Gasteiger partial charge in [0.25, 0.3) is 0 Å². The topological polar surface area (TPSA) is 147 Å². The van der Waals surface area contributed by atoms with Gasteiger partial charge >= 0.3 is 0 Å². The summed E-state index contributed by atoms with van der Waals surface area (Å²) in [5, 5.41) is 53.9.